The molecule has 0 fully saturated rings. The van der Waals surface area contributed by atoms with Crippen molar-refractivity contribution in [2.45, 2.75) is 38.6 Å². The Hall–Kier alpha value is -1.89. The highest BCUT2D eigenvalue weighted by Gasteiger charge is 2.27. The fourth-order valence-corrected chi connectivity index (χ4v) is 3.74. The van der Waals surface area contributed by atoms with Crippen LogP contribution in [-0.2, 0) is 31.9 Å². The van der Waals surface area contributed by atoms with Gasteiger partial charge in [-0.3, -0.25) is 9.59 Å². The van der Waals surface area contributed by atoms with E-state index < -0.39 is 18.0 Å². The second kappa shape index (κ2) is 7.59. The van der Waals surface area contributed by atoms with Crippen LogP contribution in [0.25, 0.3) is 0 Å². The maximum Gasteiger partial charge on any atom is 0.328 e. The third-order valence-corrected chi connectivity index (χ3v) is 5.18. The average molecular weight is 339 g/mol. The highest BCUT2D eigenvalue weighted by molar-refractivity contribution is 7.14. The van der Waals surface area contributed by atoms with Gasteiger partial charge in [-0.1, -0.05) is 6.92 Å². The van der Waals surface area contributed by atoms with Gasteiger partial charge in [-0.15, -0.1) is 11.3 Å². The van der Waals surface area contributed by atoms with Crippen LogP contribution in [0.4, 0.5) is 0 Å². The number of fused-ring (bicyclic) bond motifs is 1. The smallest absolute Gasteiger partial charge is 0.328 e. The molecule has 0 radical (unpaired) electrons. The number of carbonyl (C=O) groups excluding carboxylic acids is 3. The Labute approximate surface area is 139 Å². The molecule has 0 aromatic carbocycles. The zero-order chi connectivity index (χ0) is 17.0. The molecule has 2 atom stereocenters. The number of hydrogen-bond acceptors (Lipinski definition) is 6. The van der Waals surface area contributed by atoms with Gasteiger partial charge in [0, 0.05) is 4.88 Å². The van der Waals surface area contributed by atoms with Crippen molar-refractivity contribution in [1.29, 1.82) is 0 Å². The van der Waals surface area contributed by atoms with Gasteiger partial charge in [0.25, 0.3) is 5.91 Å². The molecule has 1 N–H and O–H groups in total. The number of esters is 2. The van der Waals surface area contributed by atoms with E-state index in [9.17, 15) is 14.4 Å². The molecule has 7 heteroatoms. The summed E-state index contributed by atoms with van der Waals surface area (Å²) in [6, 6.07) is 0.843. The molecule has 23 heavy (non-hydrogen) atoms. The molecular formula is C16H21NO5S. The first-order valence-electron chi connectivity index (χ1n) is 7.51. The van der Waals surface area contributed by atoms with Crippen molar-refractivity contribution in [3.63, 3.8) is 0 Å². The molecule has 0 saturated carbocycles. The van der Waals surface area contributed by atoms with Crippen molar-refractivity contribution in [1.82, 2.24) is 5.32 Å². The fraction of sp³-hybridized carbons (Fsp3) is 0.562. The molecule has 1 aromatic rings. The summed E-state index contributed by atoms with van der Waals surface area (Å²) < 4.78 is 9.18. The topological polar surface area (TPSA) is 81.7 Å². The molecule has 126 valence electrons. The molecule has 6 nitrogen and oxygen atoms in total. The highest BCUT2D eigenvalue weighted by atomic mass is 32.1. The van der Waals surface area contributed by atoms with Gasteiger partial charge in [-0.25, -0.2) is 4.79 Å². The summed E-state index contributed by atoms with van der Waals surface area (Å²) in [6.07, 6.45) is 2.83. The second-order valence-electron chi connectivity index (χ2n) is 5.74. The van der Waals surface area contributed by atoms with Gasteiger partial charge in [0.05, 0.1) is 25.5 Å². The number of hydrogen-bond donors (Lipinski definition) is 1. The Kier molecular flexibility index (Phi) is 5.76. The Bertz CT molecular complexity index is 610. The summed E-state index contributed by atoms with van der Waals surface area (Å²) in [4.78, 5) is 37.3. The first-order chi connectivity index (χ1) is 10.9. The van der Waals surface area contributed by atoms with E-state index in [1.807, 2.05) is 6.07 Å². The molecule has 1 heterocycles. The maximum absolute atomic E-state index is 12.4. The number of ether oxygens (including phenoxy) is 2. The third kappa shape index (κ3) is 4.31. The molecule has 1 aliphatic rings. The van der Waals surface area contributed by atoms with Crippen LogP contribution in [0.2, 0.25) is 0 Å². The average Bonchev–Trinajstić information content (AvgIpc) is 2.96. The number of thiophene rings is 1. The first-order valence-corrected chi connectivity index (χ1v) is 8.33. The summed E-state index contributed by atoms with van der Waals surface area (Å²) in [5.41, 5.74) is 1.21. The lowest BCUT2D eigenvalue weighted by molar-refractivity contribution is -0.149. The van der Waals surface area contributed by atoms with Gasteiger partial charge in [-0.2, -0.15) is 0 Å². The first kappa shape index (κ1) is 17.5. The molecular weight excluding hydrogens is 318 g/mol. The molecule has 1 aliphatic carbocycles. The van der Waals surface area contributed by atoms with Crippen LogP contribution in [0.5, 0.6) is 0 Å². The molecule has 0 bridgehead atoms. The lowest BCUT2D eigenvalue weighted by Crippen LogP contribution is -2.42. The van der Waals surface area contributed by atoms with E-state index in [2.05, 4.69) is 21.7 Å². The molecule has 0 saturated heterocycles. The number of carbonyl (C=O) groups is 3. The van der Waals surface area contributed by atoms with E-state index in [-0.39, 0.29) is 12.3 Å². The summed E-state index contributed by atoms with van der Waals surface area (Å²) in [6.45, 7) is 2.20. The van der Waals surface area contributed by atoms with Gasteiger partial charge in [-0.05, 0) is 36.8 Å². The zero-order valence-electron chi connectivity index (χ0n) is 13.5. The van der Waals surface area contributed by atoms with Crippen LogP contribution in [0.3, 0.4) is 0 Å². The molecule has 0 aliphatic heterocycles. The number of methoxy groups -OCH3 is 2. The minimum atomic E-state index is -1.04. The van der Waals surface area contributed by atoms with Crippen molar-refractivity contribution in [2.24, 2.45) is 5.92 Å². The molecule has 2 rings (SSSR count). The van der Waals surface area contributed by atoms with E-state index in [1.54, 1.807) is 0 Å². The number of rotatable bonds is 5. The predicted molar refractivity (Wildman–Crippen MR) is 85.4 cm³/mol. The molecule has 1 aromatic heterocycles. The normalized spacial score (nSPS) is 17.8. The van der Waals surface area contributed by atoms with Gasteiger partial charge in [0.15, 0.2) is 0 Å². The molecule has 1 amide bonds. The van der Waals surface area contributed by atoms with Crippen LogP contribution in [0.1, 0.15) is 39.9 Å². The molecule has 0 unspecified atom stereocenters. The van der Waals surface area contributed by atoms with Crippen LogP contribution < -0.4 is 5.32 Å². The van der Waals surface area contributed by atoms with Crippen LogP contribution >= 0.6 is 11.3 Å². The maximum atomic E-state index is 12.4. The van der Waals surface area contributed by atoms with E-state index in [1.165, 1.54) is 36.0 Å². The Balaban J connectivity index is 2.09. The second-order valence-corrected chi connectivity index (χ2v) is 6.87. The number of amides is 1. The fourth-order valence-electron chi connectivity index (χ4n) is 2.63. The number of aryl methyl sites for hydroxylation is 1. The lowest BCUT2D eigenvalue weighted by atomic mass is 9.90. The Morgan fingerprint density at radius 3 is 2.74 bits per heavy atom. The number of nitrogens with one attached hydrogen (secondary N) is 1. The van der Waals surface area contributed by atoms with Crippen molar-refractivity contribution in [2.75, 3.05) is 14.2 Å². The largest absolute Gasteiger partial charge is 0.469 e. The third-order valence-electron chi connectivity index (χ3n) is 3.94. The predicted octanol–water partition coefficient (Wildman–Crippen LogP) is 1.71. The lowest BCUT2D eigenvalue weighted by Gasteiger charge is -2.16. The van der Waals surface area contributed by atoms with Crippen molar-refractivity contribution < 1.29 is 23.9 Å². The van der Waals surface area contributed by atoms with Crippen molar-refractivity contribution in [3.8, 4) is 0 Å². The van der Waals surface area contributed by atoms with E-state index >= 15 is 0 Å². The van der Waals surface area contributed by atoms with Gasteiger partial charge >= 0.3 is 11.9 Å². The summed E-state index contributed by atoms with van der Waals surface area (Å²) in [5.74, 6) is -0.995. The minimum absolute atomic E-state index is 0.253. The van der Waals surface area contributed by atoms with E-state index in [4.69, 9.17) is 0 Å². The van der Waals surface area contributed by atoms with Crippen molar-refractivity contribution >= 4 is 29.2 Å². The van der Waals surface area contributed by atoms with Gasteiger partial charge < -0.3 is 14.8 Å². The quantitative estimate of drug-likeness (QED) is 0.826. The highest BCUT2D eigenvalue weighted by Crippen LogP contribution is 2.32. The van der Waals surface area contributed by atoms with Crippen LogP contribution in [-0.4, -0.2) is 38.1 Å². The van der Waals surface area contributed by atoms with E-state index in [0.717, 1.165) is 19.3 Å². The van der Waals surface area contributed by atoms with Crippen LogP contribution in [0.15, 0.2) is 6.07 Å². The Morgan fingerprint density at radius 2 is 2.09 bits per heavy atom. The summed E-state index contributed by atoms with van der Waals surface area (Å²) in [7, 11) is 2.44. The standard InChI is InChI=1S/C16H21NO5S/c1-9-4-5-12-10(6-9)7-13(23-12)15(19)17-11(16(20)22-3)8-14(18)21-2/h7,9,11H,4-6,8H2,1-3H3,(H,17,19)/t9-,11-/m1/s1. The Morgan fingerprint density at radius 1 is 1.35 bits per heavy atom. The minimum Gasteiger partial charge on any atom is -0.469 e. The zero-order valence-corrected chi connectivity index (χ0v) is 14.3. The molecule has 0 spiro atoms. The van der Waals surface area contributed by atoms with Crippen LogP contribution in [0, 0.1) is 5.92 Å². The SMILES string of the molecule is COC(=O)C[C@@H](NC(=O)c1cc2c(s1)CC[C@@H](C)C2)C(=O)OC. The van der Waals surface area contributed by atoms with E-state index in [0.29, 0.717) is 10.8 Å². The van der Waals surface area contributed by atoms with Crippen molar-refractivity contribution in [3.05, 3.63) is 21.4 Å². The van der Waals surface area contributed by atoms with Gasteiger partial charge in [0.1, 0.15) is 6.04 Å². The summed E-state index contributed by atoms with van der Waals surface area (Å²) in [5, 5.41) is 2.57. The monoisotopic (exact) mass is 339 g/mol. The van der Waals surface area contributed by atoms with Gasteiger partial charge in [0.2, 0.25) is 0 Å². The summed E-state index contributed by atoms with van der Waals surface area (Å²) >= 11 is 1.45.